The van der Waals surface area contributed by atoms with Crippen LogP contribution in [0.3, 0.4) is 0 Å². The number of fused-ring (bicyclic) bond motifs is 2. The Balaban J connectivity index is 0.000000230. The molecule has 0 amide bonds. The Hall–Kier alpha value is -3.04. The van der Waals surface area contributed by atoms with Gasteiger partial charge in [0.2, 0.25) is 9.47 Å². The molecule has 22 heteroatoms. The van der Waals surface area contributed by atoms with Crippen LogP contribution in [0.15, 0.2) is 33.7 Å². The normalized spacial score (nSPS) is 14.5. The number of alkyl halides is 12. The molecule has 0 radical (unpaired) electrons. The molecule has 232 valence electrons. The zero-order chi connectivity index (χ0) is 32.0. The van der Waals surface area contributed by atoms with Gasteiger partial charge < -0.3 is 9.47 Å². The van der Waals surface area contributed by atoms with Gasteiger partial charge in [-0.1, -0.05) is 0 Å². The lowest BCUT2D eigenvalue weighted by atomic mass is 10.3. The Kier molecular flexibility index (Phi) is 9.21. The first-order chi connectivity index (χ1) is 19.0. The van der Waals surface area contributed by atoms with Crippen LogP contribution >= 0.6 is 31.9 Å². The Labute approximate surface area is 241 Å². The van der Waals surface area contributed by atoms with E-state index in [1.165, 1.54) is 0 Å². The largest absolute Gasteiger partial charge is 0.477 e. The third kappa shape index (κ3) is 7.67. The summed E-state index contributed by atoms with van der Waals surface area (Å²) in [6, 6.07) is 2.71. The van der Waals surface area contributed by atoms with Gasteiger partial charge in [-0.25, -0.2) is 9.03 Å². The number of pyridine rings is 2. The van der Waals surface area contributed by atoms with Crippen molar-refractivity contribution in [1.82, 2.24) is 29.2 Å². The van der Waals surface area contributed by atoms with E-state index in [1.54, 1.807) is 0 Å². The molecular weight excluding hydrogens is 744 g/mol. The van der Waals surface area contributed by atoms with Crippen LogP contribution in [0.4, 0.5) is 52.7 Å². The van der Waals surface area contributed by atoms with Crippen LogP contribution in [-0.4, -0.2) is 53.8 Å². The Morgan fingerprint density at radius 1 is 0.595 bits per heavy atom. The maximum atomic E-state index is 12.8. The molecule has 42 heavy (non-hydrogen) atoms. The fourth-order valence-electron chi connectivity index (χ4n) is 2.96. The molecule has 0 aromatic carbocycles. The molecule has 0 N–H and O–H groups in total. The Morgan fingerprint density at radius 2 is 0.905 bits per heavy atom. The summed E-state index contributed by atoms with van der Waals surface area (Å²) in [5.41, 5.74) is -3.29. The van der Waals surface area contributed by atoms with Gasteiger partial charge in [0.05, 0.1) is 0 Å². The van der Waals surface area contributed by atoms with Gasteiger partial charge in [-0.05, 0) is 70.0 Å². The van der Waals surface area contributed by atoms with Crippen molar-refractivity contribution in [2.75, 3.05) is 0 Å². The highest BCUT2D eigenvalue weighted by molar-refractivity contribution is 9.10. The number of halogens is 14. The van der Waals surface area contributed by atoms with Gasteiger partial charge in [0, 0.05) is 0 Å². The van der Waals surface area contributed by atoms with Gasteiger partial charge in [0.15, 0.2) is 35.0 Å². The number of hydrogen-bond acceptors (Lipinski definition) is 6. The van der Waals surface area contributed by atoms with Crippen LogP contribution < -0.4 is 9.47 Å². The summed E-state index contributed by atoms with van der Waals surface area (Å²) < 4.78 is 161. The van der Waals surface area contributed by atoms with Gasteiger partial charge in [0.25, 0.3) is 0 Å². The second kappa shape index (κ2) is 11.6. The minimum Gasteiger partial charge on any atom is -0.477 e. The zero-order valence-corrected chi connectivity index (χ0v) is 23.4. The van der Waals surface area contributed by atoms with Crippen molar-refractivity contribution in [2.24, 2.45) is 0 Å². The van der Waals surface area contributed by atoms with E-state index in [4.69, 9.17) is 0 Å². The monoisotopic (exact) mass is 754 g/mol. The maximum Gasteiger partial charge on any atom is 0.433 e. The predicted octanol–water partition coefficient (Wildman–Crippen LogP) is 7.68. The molecule has 4 rings (SSSR count). The Bertz CT molecular complexity index is 1450. The minimum absolute atomic E-state index is 0.205. The maximum absolute atomic E-state index is 12.8. The van der Waals surface area contributed by atoms with E-state index in [-0.39, 0.29) is 9.47 Å². The summed E-state index contributed by atoms with van der Waals surface area (Å²) in [6.07, 6.45) is -23.2. The van der Waals surface area contributed by atoms with Crippen LogP contribution in [0.1, 0.15) is 25.2 Å². The van der Waals surface area contributed by atoms with Gasteiger partial charge in [-0.2, -0.15) is 62.7 Å². The molecule has 4 aromatic heterocycles. The standard InChI is InChI=1S/2C10H6BrF6N3O/c2*1-4(9(12,13)14)21-5-2-3-6(10(15,16)17)20-7(5)18-8(11)19-20/h2*2-4H,1H3/t2*4-/m10/s1. The fraction of sp³-hybridized carbons (Fsp3) is 0.400. The van der Waals surface area contributed by atoms with E-state index < -0.39 is 71.1 Å². The van der Waals surface area contributed by atoms with E-state index >= 15 is 0 Å². The van der Waals surface area contributed by atoms with E-state index in [0.717, 1.165) is 26.0 Å². The number of nitrogens with zero attached hydrogens (tertiary/aromatic N) is 6. The third-order valence-corrected chi connectivity index (χ3v) is 5.63. The lowest BCUT2D eigenvalue weighted by Gasteiger charge is -2.18. The van der Waals surface area contributed by atoms with Crippen molar-refractivity contribution in [1.29, 1.82) is 0 Å². The van der Waals surface area contributed by atoms with Crippen LogP contribution in [0, 0.1) is 0 Å². The molecular formula is C20H12Br2F12N6O2. The molecule has 0 aliphatic rings. The number of rotatable bonds is 4. The molecule has 0 unspecified atom stereocenters. The quantitative estimate of drug-likeness (QED) is 0.199. The summed E-state index contributed by atoms with van der Waals surface area (Å²) in [6.45, 7) is 1.47. The number of hydrogen-bond donors (Lipinski definition) is 0. The van der Waals surface area contributed by atoms with Crippen molar-refractivity contribution < 1.29 is 62.2 Å². The van der Waals surface area contributed by atoms with Crippen molar-refractivity contribution in [3.63, 3.8) is 0 Å². The van der Waals surface area contributed by atoms with Crippen molar-refractivity contribution >= 4 is 43.2 Å². The molecule has 0 bridgehead atoms. The van der Waals surface area contributed by atoms with Crippen LogP contribution in [0.2, 0.25) is 0 Å². The van der Waals surface area contributed by atoms with Crippen LogP contribution in [0.25, 0.3) is 11.3 Å². The fourth-order valence-corrected chi connectivity index (χ4v) is 3.61. The number of ether oxygens (including phenoxy) is 2. The van der Waals surface area contributed by atoms with Crippen molar-refractivity contribution in [2.45, 2.75) is 50.8 Å². The Morgan fingerprint density at radius 3 is 1.17 bits per heavy atom. The molecule has 4 aromatic rings. The summed E-state index contributed by atoms with van der Waals surface area (Å²) in [4.78, 5) is 7.20. The second-order valence-electron chi connectivity index (χ2n) is 8.00. The third-order valence-electron chi connectivity index (χ3n) is 4.96. The van der Waals surface area contributed by atoms with E-state index in [9.17, 15) is 52.7 Å². The average Bonchev–Trinajstić information content (AvgIpc) is 3.39. The molecule has 0 aliphatic carbocycles. The summed E-state index contributed by atoms with van der Waals surface area (Å²) in [5.74, 6) is -0.906. The van der Waals surface area contributed by atoms with E-state index in [1.807, 2.05) is 0 Å². The summed E-state index contributed by atoms with van der Waals surface area (Å²) in [5, 5.41) is 6.90. The smallest absolute Gasteiger partial charge is 0.433 e. The topological polar surface area (TPSA) is 78.8 Å². The first-order valence-corrected chi connectivity index (χ1v) is 12.3. The first kappa shape index (κ1) is 33.5. The molecule has 0 fully saturated rings. The van der Waals surface area contributed by atoms with Crippen LogP contribution in [0.5, 0.6) is 11.5 Å². The summed E-state index contributed by atoms with van der Waals surface area (Å²) in [7, 11) is 0. The molecule has 4 heterocycles. The van der Waals surface area contributed by atoms with Gasteiger partial charge >= 0.3 is 24.7 Å². The van der Waals surface area contributed by atoms with Crippen molar-refractivity contribution in [3.05, 3.63) is 45.1 Å². The van der Waals surface area contributed by atoms with Crippen molar-refractivity contribution in [3.8, 4) is 11.5 Å². The van der Waals surface area contributed by atoms with Gasteiger partial charge in [-0.3, -0.25) is 0 Å². The molecule has 0 spiro atoms. The molecule has 0 aliphatic heterocycles. The van der Waals surface area contributed by atoms with E-state index in [2.05, 4.69) is 61.5 Å². The van der Waals surface area contributed by atoms with Gasteiger partial charge in [-0.15, -0.1) is 10.2 Å². The molecule has 0 saturated heterocycles. The molecule has 8 nitrogen and oxygen atoms in total. The number of aromatic nitrogens is 6. The zero-order valence-electron chi connectivity index (χ0n) is 20.3. The molecule has 2 atom stereocenters. The minimum atomic E-state index is -4.74. The average molecular weight is 756 g/mol. The summed E-state index contributed by atoms with van der Waals surface area (Å²) >= 11 is 5.55. The second-order valence-corrected chi connectivity index (χ2v) is 9.42. The van der Waals surface area contributed by atoms with Crippen LogP contribution in [-0.2, 0) is 12.4 Å². The highest BCUT2D eigenvalue weighted by Gasteiger charge is 2.41. The SMILES string of the molecule is C[C@@H](Oc1ccc(C(F)(F)F)n2nc(Br)nc12)C(F)(F)F.C[C@H](Oc1ccc(C(F)(F)F)n2nc(Br)nc12)C(F)(F)F. The first-order valence-electron chi connectivity index (χ1n) is 10.7. The predicted molar refractivity (Wildman–Crippen MR) is 124 cm³/mol. The highest BCUT2D eigenvalue weighted by atomic mass is 79.9. The lowest BCUT2D eigenvalue weighted by molar-refractivity contribution is -0.189. The van der Waals surface area contributed by atoms with E-state index in [0.29, 0.717) is 21.2 Å². The lowest BCUT2D eigenvalue weighted by Crippen LogP contribution is -2.31. The van der Waals surface area contributed by atoms with Gasteiger partial charge in [0.1, 0.15) is 11.4 Å². The highest BCUT2D eigenvalue weighted by Crippen LogP contribution is 2.35. The molecule has 0 saturated carbocycles.